The van der Waals surface area contributed by atoms with Crippen molar-refractivity contribution >= 4 is 21.8 Å². The summed E-state index contributed by atoms with van der Waals surface area (Å²) in [4.78, 5) is 11.9. The lowest BCUT2D eigenvalue weighted by Crippen LogP contribution is -2.44. The van der Waals surface area contributed by atoms with E-state index in [-0.39, 0.29) is 17.3 Å². The maximum Gasteiger partial charge on any atom is 0.251 e. The Labute approximate surface area is 103 Å². The van der Waals surface area contributed by atoms with E-state index in [1.165, 1.54) is 18.2 Å². The van der Waals surface area contributed by atoms with Crippen LogP contribution in [0.5, 0.6) is 0 Å². The molecule has 2 nitrogen and oxygen atoms in total. The third-order valence-electron chi connectivity index (χ3n) is 2.22. The number of halogens is 2. The minimum Gasteiger partial charge on any atom is -0.346 e. The number of amides is 1. The fourth-order valence-electron chi connectivity index (χ4n) is 1.29. The van der Waals surface area contributed by atoms with Gasteiger partial charge in [-0.15, -0.1) is 0 Å². The van der Waals surface area contributed by atoms with Gasteiger partial charge in [-0.25, -0.2) is 4.39 Å². The van der Waals surface area contributed by atoms with E-state index in [0.717, 1.165) is 0 Å². The minimum atomic E-state index is -0.325. The Balaban J connectivity index is 2.89. The molecule has 0 radical (unpaired) electrons. The molecule has 1 N–H and O–H groups in total. The van der Waals surface area contributed by atoms with Crippen LogP contribution in [0.25, 0.3) is 0 Å². The zero-order valence-corrected chi connectivity index (χ0v) is 11.2. The molecule has 1 rings (SSSR count). The lowest BCUT2D eigenvalue weighted by atomic mass is 10.0. The second-order valence-corrected chi connectivity index (χ2v) is 4.99. The van der Waals surface area contributed by atoms with Crippen molar-refractivity contribution < 1.29 is 9.18 Å². The zero-order chi connectivity index (χ0) is 12.3. The van der Waals surface area contributed by atoms with Crippen LogP contribution < -0.4 is 5.32 Å². The molecule has 0 unspecified atom stereocenters. The lowest BCUT2D eigenvalue weighted by Gasteiger charge is -2.24. The van der Waals surface area contributed by atoms with Gasteiger partial charge < -0.3 is 5.32 Å². The van der Waals surface area contributed by atoms with Crippen molar-refractivity contribution in [1.82, 2.24) is 5.32 Å². The molecule has 0 aromatic heterocycles. The first-order valence-corrected chi connectivity index (χ1v) is 6.12. The van der Waals surface area contributed by atoms with E-state index in [0.29, 0.717) is 16.5 Å². The Morgan fingerprint density at radius 1 is 1.50 bits per heavy atom. The summed E-state index contributed by atoms with van der Waals surface area (Å²) < 4.78 is 12.9. The third kappa shape index (κ3) is 3.30. The van der Waals surface area contributed by atoms with Crippen LogP contribution in [0.2, 0.25) is 0 Å². The number of nitrogens with one attached hydrogen (secondary N) is 1. The van der Waals surface area contributed by atoms with Crippen molar-refractivity contribution in [2.24, 2.45) is 0 Å². The van der Waals surface area contributed by atoms with E-state index in [9.17, 15) is 9.18 Å². The van der Waals surface area contributed by atoms with Gasteiger partial charge >= 0.3 is 0 Å². The molecule has 0 aliphatic heterocycles. The number of carbonyl (C=O) groups is 1. The van der Waals surface area contributed by atoms with Gasteiger partial charge in [-0.05, 0) is 44.5 Å². The number of carbonyl (C=O) groups excluding carboxylic acids is 1. The summed E-state index contributed by atoms with van der Waals surface area (Å²) in [5.74, 6) is -0.504. The molecule has 0 saturated heterocycles. The van der Waals surface area contributed by atoms with E-state index in [2.05, 4.69) is 21.2 Å². The Morgan fingerprint density at radius 2 is 2.12 bits per heavy atom. The van der Waals surface area contributed by atoms with Gasteiger partial charge in [-0.3, -0.25) is 4.79 Å². The second kappa shape index (κ2) is 4.95. The molecule has 0 bridgehead atoms. The molecule has 0 aliphatic carbocycles. The monoisotopic (exact) mass is 287 g/mol. The van der Waals surface area contributed by atoms with Gasteiger partial charge in [0.2, 0.25) is 0 Å². The Kier molecular flexibility index (Phi) is 4.08. The second-order valence-electron chi connectivity index (χ2n) is 4.43. The lowest BCUT2D eigenvalue weighted by molar-refractivity contribution is 0.0920. The Hall–Kier alpha value is -0.900. The first kappa shape index (κ1) is 13.2. The zero-order valence-electron chi connectivity index (χ0n) is 9.60. The van der Waals surface area contributed by atoms with Crippen LogP contribution in [0.15, 0.2) is 18.2 Å². The van der Waals surface area contributed by atoms with Crippen LogP contribution in [0.4, 0.5) is 4.39 Å². The standard InChI is InChI=1S/C12H15BrFNO/c1-8-6-9(14)4-5-10(8)11(16)15-12(2,3)7-13/h4-6H,7H2,1-3H3,(H,15,16). The number of alkyl halides is 1. The highest BCUT2D eigenvalue weighted by Crippen LogP contribution is 2.13. The predicted molar refractivity (Wildman–Crippen MR) is 66.5 cm³/mol. The molecular formula is C12H15BrFNO. The van der Waals surface area contributed by atoms with Crippen molar-refractivity contribution in [3.05, 3.63) is 35.1 Å². The summed E-state index contributed by atoms with van der Waals surface area (Å²) in [6.45, 7) is 5.55. The fraction of sp³-hybridized carbons (Fsp3) is 0.417. The molecule has 1 aromatic carbocycles. The van der Waals surface area contributed by atoms with E-state index >= 15 is 0 Å². The number of hydrogen-bond donors (Lipinski definition) is 1. The number of benzene rings is 1. The molecular weight excluding hydrogens is 273 g/mol. The summed E-state index contributed by atoms with van der Waals surface area (Å²) in [7, 11) is 0. The van der Waals surface area contributed by atoms with E-state index < -0.39 is 0 Å². The molecule has 0 atom stereocenters. The van der Waals surface area contributed by atoms with E-state index in [4.69, 9.17) is 0 Å². The Morgan fingerprint density at radius 3 is 2.62 bits per heavy atom. The van der Waals surface area contributed by atoms with Crippen molar-refractivity contribution in [1.29, 1.82) is 0 Å². The van der Waals surface area contributed by atoms with Crippen LogP contribution in [0.1, 0.15) is 29.8 Å². The number of aryl methyl sites for hydroxylation is 1. The quantitative estimate of drug-likeness (QED) is 0.851. The molecule has 16 heavy (non-hydrogen) atoms. The van der Waals surface area contributed by atoms with Crippen LogP contribution in [0.3, 0.4) is 0 Å². The highest BCUT2D eigenvalue weighted by Gasteiger charge is 2.20. The van der Waals surface area contributed by atoms with Gasteiger partial charge in [0.05, 0.1) is 0 Å². The SMILES string of the molecule is Cc1cc(F)ccc1C(=O)NC(C)(C)CBr. The van der Waals surface area contributed by atoms with Crippen LogP contribution in [-0.2, 0) is 0 Å². The van der Waals surface area contributed by atoms with Crippen molar-refractivity contribution in [3.8, 4) is 0 Å². The van der Waals surface area contributed by atoms with Crippen molar-refractivity contribution in [2.45, 2.75) is 26.3 Å². The fourth-order valence-corrected chi connectivity index (χ4v) is 1.43. The Bertz CT molecular complexity index is 404. The highest BCUT2D eigenvalue weighted by atomic mass is 79.9. The van der Waals surface area contributed by atoms with Crippen LogP contribution >= 0.6 is 15.9 Å². The normalized spacial score (nSPS) is 11.3. The molecule has 0 saturated carbocycles. The van der Waals surface area contributed by atoms with Gasteiger partial charge in [-0.2, -0.15) is 0 Å². The third-order valence-corrected chi connectivity index (χ3v) is 3.62. The molecule has 4 heteroatoms. The van der Waals surface area contributed by atoms with Gasteiger partial charge in [0, 0.05) is 16.4 Å². The minimum absolute atomic E-state index is 0.179. The summed E-state index contributed by atoms with van der Waals surface area (Å²) in [5, 5.41) is 3.53. The maximum absolute atomic E-state index is 12.9. The highest BCUT2D eigenvalue weighted by molar-refractivity contribution is 9.09. The number of hydrogen-bond acceptors (Lipinski definition) is 1. The summed E-state index contributed by atoms with van der Waals surface area (Å²) in [6.07, 6.45) is 0. The first-order chi connectivity index (χ1) is 7.35. The molecule has 88 valence electrons. The summed E-state index contributed by atoms with van der Waals surface area (Å²) in [5.41, 5.74) is 0.830. The van der Waals surface area contributed by atoms with Gasteiger partial charge in [-0.1, -0.05) is 15.9 Å². The first-order valence-electron chi connectivity index (χ1n) is 5.00. The number of rotatable bonds is 3. The molecule has 1 amide bonds. The van der Waals surface area contributed by atoms with E-state index in [1.807, 2.05) is 13.8 Å². The predicted octanol–water partition coefficient (Wildman–Crippen LogP) is 3.04. The molecule has 0 heterocycles. The largest absolute Gasteiger partial charge is 0.346 e. The molecule has 1 aromatic rings. The van der Waals surface area contributed by atoms with E-state index in [1.54, 1.807) is 6.92 Å². The molecule has 0 aliphatic rings. The smallest absolute Gasteiger partial charge is 0.251 e. The maximum atomic E-state index is 12.9. The average molecular weight is 288 g/mol. The van der Waals surface area contributed by atoms with Crippen molar-refractivity contribution in [3.63, 3.8) is 0 Å². The summed E-state index contributed by atoms with van der Waals surface area (Å²) in [6, 6.07) is 4.16. The van der Waals surface area contributed by atoms with Crippen molar-refractivity contribution in [2.75, 3.05) is 5.33 Å². The summed E-state index contributed by atoms with van der Waals surface area (Å²) >= 11 is 3.33. The molecule has 0 spiro atoms. The van der Waals surface area contributed by atoms with Crippen LogP contribution in [0, 0.1) is 12.7 Å². The van der Waals surface area contributed by atoms with Crippen LogP contribution in [-0.4, -0.2) is 16.8 Å². The average Bonchev–Trinajstić information content (AvgIpc) is 2.16. The van der Waals surface area contributed by atoms with Gasteiger partial charge in [0.1, 0.15) is 5.82 Å². The van der Waals surface area contributed by atoms with Gasteiger partial charge in [0.15, 0.2) is 0 Å². The van der Waals surface area contributed by atoms with Gasteiger partial charge in [0.25, 0.3) is 5.91 Å². The topological polar surface area (TPSA) is 29.1 Å². The molecule has 0 fully saturated rings.